The van der Waals surface area contributed by atoms with Crippen LogP contribution in [0.25, 0.3) is 10.2 Å². The first kappa shape index (κ1) is 13.3. The molecule has 6 heteroatoms. The standard InChI is InChI=1S/C14H17N3O2S/c1-14(13(18)19)6-3-2-4-10(14)17-11-9-5-7-20-12(9)16-8-15-11/h5,7-8,10H,2-4,6H2,1H3,(H,18,19)(H,15,16,17). The van der Waals surface area contributed by atoms with Gasteiger partial charge in [0.25, 0.3) is 0 Å². The van der Waals surface area contributed by atoms with E-state index in [-0.39, 0.29) is 6.04 Å². The summed E-state index contributed by atoms with van der Waals surface area (Å²) in [5, 5.41) is 15.8. The molecule has 0 radical (unpaired) electrons. The summed E-state index contributed by atoms with van der Waals surface area (Å²) in [4.78, 5) is 21.1. The molecule has 2 atom stereocenters. The van der Waals surface area contributed by atoms with Gasteiger partial charge in [-0.3, -0.25) is 4.79 Å². The second kappa shape index (κ2) is 5.01. The van der Waals surface area contributed by atoms with E-state index < -0.39 is 11.4 Å². The Hall–Kier alpha value is -1.69. The Labute approximate surface area is 121 Å². The number of thiophene rings is 1. The van der Waals surface area contributed by atoms with Crippen molar-refractivity contribution in [3.63, 3.8) is 0 Å². The lowest BCUT2D eigenvalue weighted by atomic mass is 9.71. The van der Waals surface area contributed by atoms with Crippen molar-refractivity contribution in [3.05, 3.63) is 17.8 Å². The molecule has 2 N–H and O–H groups in total. The second-order valence-corrected chi connectivity index (χ2v) is 6.42. The minimum atomic E-state index is -0.731. The molecule has 0 bridgehead atoms. The van der Waals surface area contributed by atoms with E-state index in [9.17, 15) is 9.90 Å². The van der Waals surface area contributed by atoms with Crippen molar-refractivity contribution in [2.75, 3.05) is 5.32 Å². The summed E-state index contributed by atoms with van der Waals surface area (Å²) in [5.74, 6) is 0.0148. The molecule has 2 unspecified atom stereocenters. The largest absolute Gasteiger partial charge is 0.481 e. The SMILES string of the molecule is CC1(C(=O)O)CCCCC1Nc1ncnc2sccc12. The molecular weight excluding hydrogens is 274 g/mol. The van der Waals surface area contributed by atoms with Crippen LogP contribution in [0.15, 0.2) is 17.8 Å². The zero-order chi connectivity index (χ0) is 14.2. The van der Waals surface area contributed by atoms with Gasteiger partial charge in [0, 0.05) is 6.04 Å². The average Bonchev–Trinajstić information content (AvgIpc) is 2.90. The molecule has 2 heterocycles. The van der Waals surface area contributed by atoms with Crippen LogP contribution in [-0.4, -0.2) is 27.1 Å². The minimum absolute atomic E-state index is 0.0910. The van der Waals surface area contributed by atoms with Crippen molar-refractivity contribution in [1.29, 1.82) is 0 Å². The van der Waals surface area contributed by atoms with Gasteiger partial charge in [0.15, 0.2) is 0 Å². The van der Waals surface area contributed by atoms with Crippen molar-refractivity contribution in [1.82, 2.24) is 9.97 Å². The number of aromatic nitrogens is 2. The average molecular weight is 291 g/mol. The lowest BCUT2D eigenvalue weighted by Gasteiger charge is -2.38. The number of carboxylic acids is 1. The number of rotatable bonds is 3. The van der Waals surface area contributed by atoms with Gasteiger partial charge in [0.05, 0.1) is 10.8 Å². The van der Waals surface area contributed by atoms with Crippen molar-refractivity contribution in [3.8, 4) is 0 Å². The molecular formula is C14H17N3O2S. The Balaban J connectivity index is 1.93. The Kier molecular flexibility index (Phi) is 3.33. The van der Waals surface area contributed by atoms with E-state index in [1.807, 2.05) is 18.4 Å². The first-order valence-corrected chi connectivity index (χ1v) is 7.67. The maximum Gasteiger partial charge on any atom is 0.311 e. The molecule has 0 spiro atoms. The number of nitrogens with one attached hydrogen (secondary N) is 1. The van der Waals surface area contributed by atoms with E-state index in [0.717, 1.165) is 35.3 Å². The molecule has 0 aliphatic heterocycles. The number of hydrogen-bond acceptors (Lipinski definition) is 5. The molecule has 0 aromatic carbocycles. The van der Waals surface area contributed by atoms with Gasteiger partial charge in [-0.05, 0) is 31.2 Å². The number of carboxylic acid groups (broad SMARTS) is 1. The van der Waals surface area contributed by atoms with E-state index in [4.69, 9.17) is 0 Å². The van der Waals surface area contributed by atoms with Crippen molar-refractivity contribution >= 4 is 33.3 Å². The molecule has 0 amide bonds. The van der Waals surface area contributed by atoms with Crippen molar-refractivity contribution in [2.45, 2.75) is 38.6 Å². The van der Waals surface area contributed by atoms with E-state index in [1.54, 1.807) is 11.3 Å². The number of hydrogen-bond donors (Lipinski definition) is 2. The Morgan fingerprint density at radius 3 is 3.15 bits per heavy atom. The summed E-state index contributed by atoms with van der Waals surface area (Å²) in [6.07, 6.45) is 5.12. The van der Waals surface area contributed by atoms with Gasteiger partial charge in [-0.1, -0.05) is 12.8 Å². The van der Waals surface area contributed by atoms with Gasteiger partial charge in [0.1, 0.15) is 17.0 Å². The molecule has 1 saturated carbocycles. The second-order valence-electron chi connectivity index (χ2n) is 5.53. The van der Waals surface area contributed by atoms with Gasteiger partial charge in [-0.15, -0.1) is 11.3 Å². The highest BCUT2D eigenvalue weighted by atomic mass is 32.1. The van der Waals surface area contributed by atoms with Crippen LogP contribution in [-0.2, 0) is 4.79 Å². The first-order chi connectivity index (χ1) is 9.61. The van der Waals surface area contributed by atoms with E-state index >= 15 is 0 Å². The summed E-state index contributed by atoms with van der Waals surface area (Å²) < 4.78 is 0. The Morgan fingerprint density at radius 1 is 1.50 bits per heavy atom. The van der Waals surface area contributed by atoms with Crippen molar-refractivity contribution < 1.29 is 9.90 Å². The van der Waals surface area contributed by atoms with E-state index in [0.29, 0.717) is 6.42 Å². The number of aliphatic carboxylic acids is 1. The van der Waals surface area contributed by atoms with Crippen LogP contribution >= 0.6 is 11.3 Å². The lowest BCUT2D eigenvalue weighted by Crippen LogP contribution is -2.46. The molecule has 5 nitrogen and oxygen atoms in total. The molecule has 2 aromatic heterocycles. The van der Waals surface area contributed by atoms with Gasteiger partial charge in [-0.25, -0.2) is 9.97 Å². The van der Waals surface area contributed by atoms with Gasteiger partial charge < -0.3 is 10.4 Å². The van der Waals surface area contributed by atoms with Crippen LogP contribution in [0.1, 0.15) is 32.6 Å². The molecule has 1 aliphatic rings. The fourth-order valence-electron chi connectivity index (χ4n) is 2.89. The Bertz CT molecular complexity index is 642. The Morgan fingerprint density at radius 2 is 2.35 bits per heavy atom. The van der Waals surface area contributed by atoms with Crippen LogP contribution in [0, 0.1) is 5.41 Å². The highest BCUT2D eigenvalue weighted by molar-refractivity contribution is 7.16. The normalized spacial score (nSPS) is 26.6. The molecule has 1 aliphatic carbocycles. The fraction of sp³-hybridized carbons (Fsp3) is 0.500. The van der Waals surface area contributed by atoms with Gasteiger partial charge in [0.2, 0.25) is 0 Å². The minimum Gasteiger partial charge on any atom is -0.481 e. The fourth-order valence-corrected chi connectivity index (χ4v) is 3.62. The third-order valence-corrected chi connectivity index (χ3v) is 5.09. The zero-order valence-electron chi connectivity index (χ0n) is 11.3. The van der Waals surface area contributed by atoms with Crippen molar-refractivity contribution in [2.24, 2.45) is 5.41 Å². The monoisotopic (exact) mass is 291 g/mol. The maximum atomic E-state index is 11.6. The molecule has 0 saturated heterocycles. The summed E-state index contributed by atoms with van der Waals surface area (Å²) >= 11 is 1.56. The first-order valence-electron chi connectivity index (χ1n) is 6.79. The number of fused-ring (bicyclic) bond motifs is 1. The van der Waals surface area contributed by atoms with Gasteiger partial charge >= 0.3 is 5.97 Å². The predicted octanol–water partition coefficient (Wildman–Crippen LogP) is 3.14. The van der Waals surface area contributed by atoms with Crippen LogP contribution in [0.4, 0.5) is 5.82 Å². The van der Waals surface area contributed by atoms with Crippen LogP contribution < -0.4 is 5.32 Å². The highest BCUT2D eigenvalue weighted by Crippen LogP contribution is 2.38. The van der Waals surface area contributed by atoms with E-state index in [1.165, 1.54) is 6.33 Å². The topological polar surface area (TPSA) is 75.1 Å². The summed E-state index contributed by atoms with van der Waals surface area (Å²) in [6.45, 7) is 1.83. The summed E-state index contributed by atoms with van der Waals surface area (Å²) in [5.41, 5.74) is -0.731. The van der Waals surface area contributed by atoms with Crippen LogP contribution in [0.3, 0.4) is 0 Å². The molecule has 1 fully saturated rings. The molecule has 106 valence electrons. The van der Waals surface area contributed by atoms with Crippen LogP contribution in [0.5, 0.6) is 0 Å². The molecule has 20 heavy (non-hydrogen) atoms. The lowest BCUT2D eigenvalue weighted by molar-refractivity contribution is -0.150. The maximum absolute atomic E-state index is 11.6. The molecule has 3 rings (SSSR count). The summed E-state index contributed by atoms with van der Waals surface area (Å²) in [7, 11) is 0. The van der Waals surface area contributed by atoms with E-state index in [2.05, 4.69) is 15.3 Å². The smallest absolute Gasteiger partial charge is 0.311 e. The quantitative estimate of drug-likeness (QED) is 0.908. The number of anilines is 1. The third kappa shape index (κ3) is 2.14. The van der Waals surface area contributed by atoms with Gasteiger partial charge in [-0.2, -0.15) is 0 Å². The number of carbonyl (C=O) groups is 1. The number of nitrogens with zero attached hydrogens (tertiary/aromatic N) is 2. The summed E-state index contributed by atoms with van der Waals surface area (Å²) in [6, 6.07) is 1.88. The molecule has 2 aromatic rings. The van der Waals surface area contributed by atoms with Crippen LogP contribution in [0.2, 0.25) is 0 Å². The predicted molar refractivity (Wildman–Crippen MR) is 79.0 cm³/mol. The highest BCUT2D eigenvalue weighted by Gasteiger charge is 2.43. The zero-order valence-corrected chi connectivity index (χ0v) is 12.1. The third-order valence-electron chi connectivity index (χ3n) is 4.27.